The van der Waals surface area contributed by atoms with Gasteiger partial charge >= 0.3 is 0 Å². The van der Waals surface area contributed by atoms with Crippen LogP contribution in [-0.4, -0.2) is 46.2 Å². The highest BCUT2D eigenvalue weighted by molar-refractivity contribution is 6.18. The number of benzene rings is 1. The van der Waals surface area contributed by atoms with Crippen molar-refractivity contribution in [1.29, 1.82) is 0 Å². The average Bonchev–Trinajstić information content (AvgIpc) is 3.17. The van der Waals surface area contributed by atoms with Gasteiger partial charge in [0.15, 0.2) is 0 Å². The Balaban J connectivity index is 0.000000277. The van der Waals surface area contributed by atoms with E-state index < -0.39 is 11.9 Å². The number of hydrogen-bond donors (Lipinski definition) is 3. The monoisotopic (exact) mass is 517 g/mol. The molecule has 1 aromatic carbocycles. The van der Waals surface area contributed by atoms with E-state index in [0.717, 1.165) is 30.5 Å². The molecule has 198 valence electrons. The van der Waals surface area contributed by atoms with Crippen LogP contribution in [0.4, 0.5) is 5.69 Å². The fourth-order valence-electron chi connectivity index (χ4n) is 4.48. The standard InChI is InChI=1S/C15H16ClN3O3.C11H18O.C2H6/c16-5-6-17-10-1-2-11-9(7-10)8-19(15(11)22)12-3-4-13(20)18-14(12)21;1-4-5-9-8-10(12)6-7-11(9,2)3;1-2/h1-2,7,12,17H,3-6,8H2,(H,18,20,21);6,8,12H,4-5,7H2,1-3H3;1-2H3. The molecule has 1 saturated heterocycles. The summed E-state index contributed by atoms with van der Waals surface area (Å²) >= 11 is 5.65. The zero-order valence-corrected chi connectivity index (χ0v) is 22.9. The zero-order valence-electron chi connectivity index (χ0n) is 22.1. The number of anilines is 1. The fraction of sp³-hybridized carbons (Fsp3) is 0.536. The van der Waals surface area contributed by atoms with Crippen LogP contribution in [0.25, 0.3) is 0 Å². The lowest BCUT2D eigenvalue weighted by molar-refractivity contribution is -0.136. The van der Waals surface area contributed by atoms with Crippen molar-refractivity contribution >= 4 is 35.0 Å². The van der Waals surface area contributed by atoms with Crippen LogP contribution in [0.5, 0.6) is 0 Å². The van der Waals surface area contributed by atoms with Crippen LogP contribution < -0.4 is 10.6 Å². The molecular formula is C28H40ClN3O4. The molecule has 8 heteroatoms. The normalized spacial score (nSPS) is 20.1. The molecule has 0 bridgehead atoms. The number of carbonyl (C=O) groups excluding carboxylic acids is 3. The predicted molar refractivity (Wildman–Crippen MR) is 145 cm³/mol. The average molecular weight is 518 g/mol. The molecule has 1 unspecified atom stereocenters. The smallest absolute Gasteiger partial charge is 0.255 e. The van der Waals surface area contributed by atoms with Gasteiger partial charge in [-0.3, -0.25) is 19.7 Å². The van der Waals surface area contributed by atoms with Crippen LogP contribution in [0.3, 0.4) is 0 Å². The summed E-state index contributed by atoms with van der Waals surface area (Å²) in [7, 11) is 0. The van der Waals surface area contributed by atoms with Gasteiger partial charge in [0.2, 0.25) is 11.8 Å². The Morgan fingerprint density at radius 3 is 2.58 bits per heavy atom. The highest BCUT2D eigenvalue weighted by atomic mass is 35.5. The minimum Gasteiger partial charge on any atom is -0.508 e. The van der Waals surface area contributed by atoms with E-state index in [2.05, 4.69) is 31.4 Å². The van der Waals surface area contributed by atoms with Crippen LogP contribution in [0.2, 0.25) is 0 Å². The molecule has 3 aliphatic rings. The number of nitrogens with zero attached hydrogens (tertiary/aromatic N) is 1. The number of nitrogens with one attached hydrogen (secondary N) is 2. The number of aliphatic hydroxyl groups is 1. The van der Waals surface area contributed by atoms with Crippen molar-refractivity contribution in [2.45, 2.75) is 79.3 Å². The van der Waals surface area contributed by atoms with Gasteiger partial charge in [-0.2, -0.15) is 0 Å². The Bertz CT molecular complexity index is 1020. The van der Waals surface area contributed by atoms with Crippen molar-refractivity contribution in [1.82, 2.24) is 10.2 Å². The third-order valence-corrected chi connectivity index (χ3v) is 6.67. The summed E-state index contributed by atoms with van der Waals surface area (Å²) in [6.45, 7) is 11.7. The summed E-state index contributed by atoms with van der Waals surface area (Å²) < 4.78 is 0. The van der Waals surface area contributed by atoms with Crippen molar-refractivity contribution in [3.63, 3.8) is 0 Å². The lowest BCUT2D eigenvalue weighted by atomic mass is 9.76. The van der Waals surface area contributed by atoms with Crippen molar-refractivity contribution in [3.05, 3.63) is 52.8 Å². The van der Waals surface area contributed by atoms with Crippen molar-refractivity contribution in [2.75, 3.05) is 17.7 Å². The number of imide groups is 1. The van der Waals surface area contributed by atoms with Gasteiger partial charge in [0.1, 0.15) is 11.8 Å². The molecule has 2 heterocycles. The summed E-state index contributed by atoms with van der Waals surface area (Å²) in [6, 6.07) is 4.93. The molecule has 4 rings (SSSR count). The SMILES string of the molecule is CC.CCCC1=CC(O)=CCC1(C)C.O=C1CCC(N2Cc3cc(NCCCl)ccc3C2=O)C(=O)N1. The van der Waals surface area contributed by atoms with Gasteiger partial charge in [0, 0.05) is 36.6 Å². The fourth-order valence-corrected chi connectivity index (χ4v) is 4.57. The van der Waals surface area contributed by atoms with E-state index in [-0.39, 0.29) is 23.7 Å². The maximum absolute atomic E-state index is 12.5. The highest BCUT2D eigenvalue weighted by Crippen LogP contribution is 2.37. The first-order valence-electron chi connectivity index (χ1n) is 12.8. The second-order valence-electron chi connectivity index (χ2n) is 9.52. The maximum Gasteiger partial charge on any atom is 0.255 e. The van der Waals surface area contributed by atoms with E-state index in [1.807, 2.05) is 38.1 Å². The second kappa shape index (κ2) is 13.5. The number of rotatable bonds is 6. The van der Waals surface area contributed by atoms with Crippen molar-refractivity contribution < 1.29 is 19.5 Å². The van der Waals surface area contributed by atoms with Crippen LogP contribution >= 0.6 is 11.6 Å². The number of alkyl halides is 1. The molecule has 7 nitrogen and oxygen atoms in total. The summed E-state index contributed by atoms with van der Waals surface area (Å²) in [4.78, 5) is 37.2. The first kappa shape index (κ1) is 29.4. The summed E-state index contributed by atoms with van der Waals surface area (Å²) in [6.07, 6.45) is 7.69. The molecule has 3 N–H and O–H groups in total. The third-order valence-electron chi connectivity index (χ3n) is 6.48. The molecule has 1 aromatic rings. The highest BCUT2D eigenvalue weighted by Gasteiger charge is 2.39. The van der Waals surface area contributed by atoms with Gasteiger partial charge in [0.05, 0.1) is 0 Å². The topological polar surface area (TPSA) is 98.7 Å². The quantitative estimate of drug-likeness (QED) is 0.331. The number of carbonyl (C=O) groups is 3. The molecule has 0 radical (unpaired) electrons. The third kappa shape index (κ3) is 7.36. The number of piperidine rings is 1. The van der Waals surface area contributed by atoms with E-state index in [9.17, 15) is 19.5 Å². The molecule has 2 aliphatic heterocycles. The number of halogens is 1. The van der Waals surface area contributed by atoms with E-state index in [1.165, 1.54) is 10.5 Å². The predicted octanol–water partition coefficient (Wildman–Crippen LogP) is 5.71. The van der Waals surface area contributed by atoms with E-state index in [1.54, 1.807) is 6.07 Å². The van der Waals surface area contributed by atoms with Crippen LogP contribution in [-0.2, 0) is 16.1 Å². The van der Waals surface area contributed by atoms with Gasteiger partial charge in [-0.15, -0.1) is 11.6 Å². The minimum atomic E-state index is -0.572. The number of amides is 3. The Morgan fingerprint density at radius 2 is 1.94 bits per heavy atom. The first-order valence-corrected chi connectivity index (χ1v) is 13.4. The summed E-state index contributed by atoms with van der Waals surface area (Å²) in [5.41, 5.74) is 4.03. The number of aliphatic hydroxyl groups excluding tert-OH is 1. The lowest BCUT2D eigenvalue weighted by Gasteiger charge is -2.29. The molecular weight excluding hydrogens is 478 g/mol. The maximum atomic E-state index is 12.5. The Morgan fingerprint density at radius 1 is 1.22 bits per heavy atom. The van der Waals surface area contributed by atoms with Crippen molar-refractivity contribution in [2.24, 2.45) is 5.41 Å². The Labute approximate surface area is 220 Å². The van der Waals surface area contributed by atoms with Crippen LogP contribution in [0.1, 0.15) is 82.6 Å². The molecule has 0 spiro atoms. The van der Waals surface area contributed by atoms with Gasteiger partial charge in [-0.05, 0) is 60.6 Å². The van der Waals surface area contributed by atoms with E-state index in [0.29, 0.717) is 36.7 Å². The second-order valence-corrected chi connectivity index (χ2v) is 9.90. The molecule has 1 aliphatic carbocycles. The minimum absolute atomic E-state index is 0.159. The number of fused-ring (bicyclic) bond motifs is 1. The first-order chi connectivity index (χ1) is 17.2. The largest absolute Gasteiger partial charge is 0.508 e. The van der Waals surface area contributed by atoms with E-state index in [4.69, 9.17) is 11.6 Å². The van der Waals surface area contributed by atoms with Gasteiger partial charge in [-0.1, -0.05) is 46.6 Å². The molecule has 1 fully saturated rings. The summed E-state index contributed by atoms with van der Waals surface area (Å²) in [5.74, 6) is 0.111. The molecule has 3 amide bonds. The zero-order chi connectivity index (χ0) is 26.9. The van der Waals surface area contributed by atoms with Gasteiger partial charge in [-0.25, -0.2) is 0 Å². The summed E-state index contributed by atoms with van der Waals surface area (Å²) in [5, 5.41) is 14.8. The molecule has 36 heavy (non-hydrogen) atoms. The van der Waals surface area contributed by atoms with Crippen LogP contribution in [0.15, 0.2) is 41.7 Å². The number of hydrogen-bond acceptors (Lipinski definition) is 5. The molecule has 0 saturated carbocycles. The van der Waals surface area contributed by atoms with Gasteiger partial charge < -0.3 is 15.3 Å². The Kier molecular flexibility index (Phi) is 11.0. The van der Waals surface area contributed by atoms with Crippen LogP contribution in [0, 0.1) is 5.41 Å². The van der Waals surface area contributed by atoms with Crippen molar-refractivity contribution in [3.8, 4) is 0 Å². The number of allylic oxidation sites excluding steroid dienone is 3. The Hall–Kier alpha value is -2.80. The lowest BCUT2D eigenvalue weighted by Crippen LogP contribution is -2.52. The van der Waals surface area contributed by atoms with E-state index >= 15 is 0 Å². The van der Waals surface area contributed by atoms with Gasteiger partial charge in [0.25, 0.3) is 5.91 Å². The molecule has 0 aromatic heterocycles. The molecule has 1 atom stereocenters.